The summed E-state index contributed by atoms with van der Waals surface area (Å²) < 4.78 is 5.14. The number of carbonyl (C=O) groups excluding carboxylic acids is 5. The largest absolute Gasteiger partial charge is 0.452 e. The normalized spacial score (nSPS) is 20.8. The van der Waals surface area contributed by atoms with E-state index in [1.54, 1.807) is 24.3 Å². The molecule has 2 N–H and O–H groups in total. The van der Waals surface area contributed by atoms with Gasteiger partial charge >= 0.3 is 5.97 Å². The average Bonchev–Trinajstić information content (AvgIpc) is 2.98. The van der Waals surface area contributed by atoms with Gasteiger partial charge < -0.3 is 15.4 Å². The van der Waals surface area contributed by atoms with E-state index in [0.29, 0.717) is 24.2 Å². The number of nitrogens with one attached hydrogen (secondary N) is 2. The first kappa shape index (κ1) is 22.2. The summed E-state index contributed by atoms with van der Waals surface area (Å²) >= 11 is 0. The van der Waals surface area contributed by atoms with Crippen LogP contribution in [-0.4, -0.2) is 47.1 Å². The van der Waals surface area contributed by atoms with Gasteiger partial charge in [0.1, 0.15) is 0 Å². The molecule has 31 heavy (non-hydrogen) atoms. The second kappa shape index (κ2) is 9.55. The van der Waals surface area contributed by atoms with Crippen LogP contribution >= 0.6 is 0 Å². The Labute approximate surface area is 179 Å². The van der Waals surface area contributed by atoms with Crippen LogP contribution in [0, 0.1) is 11.8 Å². The van der Waals surface area contributed by atoms with Gasteiger partial charge in [-0.3, -0.25) is 28.9 Å². The number of fused-ring (bicyclic) bond motifs is 1. The topological polar surface area (TPSA) is 122 Å². The number of benzene rings is 1. The van der Waals surface area contributed by atoms with Crippen LogP contribution in [0.5, 0.6) is 0 Å². The maximum atomic E-state index is 12.4. The Morgan fingerprint density at radius 2 is 1.52 bits per heavy atom. The highest BCUT2D eigenvalue weighted by atomic mass is 16.5. The van der Waals surface area contributed by atoms with Gasteiger partial charge in [-0.2, -0.15) is 0 Å². The zero-order valence-corrected chi connectivity index (χ0v) is 17.4. The van der Waals surface area contributed by atoms with Crippen LogP contribution in [0.4, 0.5) is 11.4 Å². The molecule has 1 saturated heterocycles. The molecule has 1 aliphatic heterocycles. The van der Waals surface area contributed by atoms with E-state index in [4.69, 9.17) is 4.74 Å². The van der Waals surface area contributed by atoms with Gasteiger partial charge in [-0.1, -0.05) is 12.2 Å². The molecule has 2 aliphatic rings. The molecule has 1 fully saturated rings. The monoisotopic (exact) mass is 427 g/mol. The fraction of sp³-hybridized carbons (Fsp3) is 0.409. The number of likely N-dealkylation sites (tertiary alicyclic amines) is 1. The van der Waals surface area contributed by atoms with E-state index in [2.05, 4.69) is 10.6 Å². The quantitative estimate of drug-likeness (QED) is 0.389. The molecule has 3 rings (SSSR count). The van der Waals surface area contributed by atoms with E-state index in [1.807, 2.05) is 12.2 Å². The van der Waals surface area contributed by atoms with Gasteiger partial charge in [-0.05, 0) is 44.0 Å². The van der Waals surface area contributed by atoms with Crippen molar-refractivity contribution >= 4 is 41.0 Å². The number of rotatable bonds is 7. The van der Waals surface area contributed by atoms with Gasteiger partial charge in [0.25, 0.3) is 5.91 Å². The highest BCUT2D eigenvalue weighted by Crippen LogP contribution is 2.35. The lowest BCUT2D eigenvalue weighted by Crippen LogP contribution is -2.35. The SMILES string of the molecule is CC(=O)Nc1ccc(NC(=O)[C@@H](C)OC(=O)CCN2C(=O)[C@H]3CC=CC[C@H]3C2=O)cc1. The Morgan fingerprint density at radius 3 is 2.03 bits per heavy atom. The molecular formula is C22H25N3O6. The molecule has 164 valence electrons. The third kappa shape index (κ3) is 5.36. The Morgan fingerprint density at radius 1 is 1.00 bits per heavy atom. The Bertz CT molecular complexity index is 898. The number of carbonyl (C=O) groups is 5. The van der Waals surface area contributed by atoms with E-state index >= 15 is 0 Å². The number of nitrogens with zero attached hydrogens (tertiary/aromatic N) is 1. The zero-order valence-electron chi connectivity index (χ0n) is 17.4. The van der Waals surface area contributed by atoms with E-state index in [-0.39, 0.29) is 42.5 Å². The van der Waals surface area contributed by atoms with Crippen LogP contribution < -0.4 is 10.6 Å². The van der Waals surface area contributed by atoms with Gasteiger partial charge in [-0.15, -0.1) is 0 Å². The minimum Gasteiger partial charge on any atom is -0.452 e. The predicted molar refractivity (Wildman–Crippen MR) is 112 cm³/mol. The highest BCUT2D eigenvalue weighted by Gasteiger charge is 2.47. The number of allylic oxidation sites excluding steroid dienone is 2. The summed E-state index contributed by atoms with van der Waals surface area (Å²) in [5.74, 6) is -2.57. The first-order valence-corrected chi connectivity index (χ1v) is 10.1. The smallest absolute Gasteiger partial charge is 0.308 e. The molecule has 0 spiro atoms. The third-order valence-corrected chi connectivity index (χ3v) is 5.29. The van der Waals surface area contributed by atoms with Crippen molar-refractivity contribution in [2.45, 2.75) is 39.2 Å². The molecule has 0 bridgehead atoms. The molecule has 0 unspecified atom stereocenters. The molecule has 0 radical (unpaired) electrons. The first-order chi connectivity index (χ1) is 14.8. The second-order valence-electron chi connectivity index (χ2n) is 7.61. The summed E-state index contributed by atoms with van der Waals surface area (Å²) in [4.78, 5) is 61.4. The van der Waals surface area contributed by atoms with Crippen molar-refractivity contribution in [3.05, 3.63) is 36.4 Å². The lowest BCUT2D eigenvalue weighted by atomic mass is 9.85. The Hall–Kier alpha value is -3.49. The minimum absolute atomic E-state index is 0.0531. The van der Waals surface area contributed by atoms with Crippen LogP contribution in [0.2, 0.25) is 0 Å². The van der Waals surface area contributed by atoms with Gasteiger partial charge in [0.15, 0.2) is 6.10 Å². The highest BCUT2D eigenvalue weighted by molar-refractivity contribution is 6.05. The summed E-state index contributed by atoms with van der Waals surface area (Å²) in [5.41, 5.74) is 1.07. The lowest BCUT2D eigenvalue weighted by Gasteiger charge is -2.16. The van der Waals surface area contributed by atoms with Crippen molar-refractivity contribution in [1.82, 2.24) is 4.90 Å². The van der Waals surface area contributed by atoms with Crippen molar-refractivity contribution in [3.63, 3.8) is 0 Å². The van der Waals surface area contributed by atoms with Gasteiger partial charge in [0.05, 0.1) is 18.3 Å². The number of ether oxygens (including phenoxy) is 1. The molecule has 0 aromatic heterocycles. The van der Waals surface area contributed by atoms with E-state index in [9.17, 15) is 24.0 Å². The zero-order chi connectivity index (χ0) is 22.5. The van der Waals surface area contributed by atoms with Crippen LogP contribution in [0.25, 0.3) is 0 Å². The molecule has 1 aromatic rings. The van der Waals surface area contributed by atoms with Gasteiger partial charge in [0, 0.05) is 24.8 Å². The number of esters is 1. The molecule has 0 saturated carbocycles. The summed E-state index contributed by atoms with van der Waals surface area (Å²) in [6, 6.07) is 6.48. The Kier molecular flexibility index (Phi) is 6.84. The maximum absolute atomic E-state index is 12.4. The van der Waals surface area contributed by atoms with Crippen molar-refractivity contribution in [1.29, 1.82) is 0 Å². The fourth-order valence-corrected chi connectivity index (χ4v) is 3.69. The van der Waals surface area contributed by atoms with Crippen LogP contribution in [0.3, 0.4) is 0 Å². The van der Waals surface area contributed by atoms with Crippen molar-refractivity contribution in [2.75, 3.05) is 17.2 Å². The Balaban J connectivity index is 1.45. The van der Waals surface area contributed by atoms with Crippen molar-refractivity contribution in [3.8, 4) is 0 Å². The number of anilines is 2. The minimum atomic E-state index is -1.06. The number of hydrogen-bond acceptors (Lipinski definition) is 6. The third-order valence-electron chi connectivity index (χ3n) is 5.29. The lowest BCUT2D eigenvalue weighted by molar-refractivity contribution is -0.154. The second-order valence-corrected chi connectivity index (χ2v) is 7.61. The molecule has 9 heteroatoms. The van der Waals surface area contributed by atoms with Crippen molar-refractivity contribution < 1.29 is 28.7 Å². The molecule has 9 nitrogen and oxygen atoms in total. The predicted octanol–water partition coefficient (Wildman–Crippen LogP) is 1.86. The average molecular weight is 427 g/mol. The molecule has 1 aromatic carbocycles. The summed E-state index contributed by atoms with van der Waals surface area (Å²) in [7, 11) is 0. The van der Waals surface area contributed by atoms with E-state index in [1.165, 1.54) is 13.8 Å². The summed E-state index contributed by atoms with van der Waals surface area (Å²) in [6.45, 7) is 2.78. The van der Waals surface area contributed by atoms with E-state index < -0.39 is 18.0 Å². The van der Waals surface area contributed by atoms with Crippen LogP contribution in [0.15, 0.2) is 36.4 Å². The van der Waals surface area contributed by atoms with Gasteiger partial charge in [0.2, 0.25) is 17.7 Å². The molecule has 4 amide bonds. The number of imide groups is 1. The number of amides is 4. The molecular weight excluding hydrogens is 402 g/mol. The number of hydrogen-bond donors (Lipinski definition) is 2. The summed E-state index contributed by atoms with van der Waals surface area (Å²) in [5, 5.41) is 5.24. The summed E-state index contributed by atoms with van der Waals surface area (Å²) in [6.07, 6.45) is 3.65. The standard InChI is InChI=1S/C22H25N3O6/c1-13(20(28)24-16-9-7-15(8-10-16)23-14(2)26)31-19(27)11-12-25-21(29)17-5-3-4-6-18(17)22(25)30/h3-4,7-10,13,17-18H,5-6,11-12H2,1-2H3,(H,23,26)(H,24,28)/t13-,17-,18+/m1/s1. The van der Waals surface area contributed by atoms with Crippen LogP contribution in [-0.2, 0) is 28.7 Å². The maximum Gasteiger partial charge on any atom is 0.308 e. The molecule has 1 heterocycles. The first-order valence-electron chi connectivity index (χ1n) is 10.1. The van der Waals surface area contributed by atoms with Crippen LogP contribution in [0.1, 0.15) is 33.1 Å². The van der Waals surface area contributed by atoms with Crippen molar-refractivity contribution in [2.24, 2.45) is 11.8 Å². The van der Waals surface area contributed by atoms with E-state index in [0.717, 1.165) is 4.90 Å². The molecule has 3 atom stereocenters. The fourth-order valence-electron chi connectivity index (χ4n) is 3.69. The molecule has 1 aliphatic carbocycles. The van der Waals surface area contributed by atoms with Gasteiger partial charge in [-0.25, -0.2) is 0 Å².